The minimum absolute atomic E-state index is 0.195. The molecular formula is C18H21NO3. The van der Waals surface area contributed by atoms with E-state index in [4.69, 9.17) is 9.47 Å². The van der Waals surface area contributed by atoms with Gasteiger partial charge in [-0.15, -0.1) is 0 Å². The van der Waals surface area contributed by atoms with Gasteiger partial charge < -0.3 is 14.8 Å². The van der Waals surface area contributed by atoms with Crippen LogP contribution in [0.3, 0.4) is 0 Å². The number of benzene rings is 2. The highest BCUT2D eigenvalue weighted by Crippen LogP contribution is 2.24. The molecule has 0 radical (unpaired) electrons. The molecule has 116 valence electrons. The number of ether oxygens (including phenoxy) is 2. The lowest BCUT2D eigenvalue weighted by Crippen LogP contribution is -2.13. The van der Waals surface area contributed by atoms with Crippen LogP contribution in [0, 0.1) is 5.92 Å². The molecule has 0 saturated carbocycles. The van der Waals surface area contributed by atoms with Gasteiger partial charge in [-0.1, -0.05) is 32.0 Å². The molecule has 0 spiro atoms. The van der Waals surface area contributed by atoms with Crippen LogP contribution in [0.15, 0.2) is 48.5 Å². The van der Waals surface area contributed by atoms with Gasteiger partial charge in [0, 0.05) is 5.56 Å². The molecule has 0 atom stereocenters. The van der Waals surface area contributed by atoms with Crippen molar-refractivity contribution in [1.82, 2.24) is 0 Å². The Hall–Kier alpha value is -2.49. The summed E-state index contributed by atoms with van der Waals surface area (Å²) >= 11 is 0. The Bertz CT molecular complexity index is 638. The van der Waals surface area contributed by atoms with Crippen molar-refractivity contribution in [2.24, 2.45) is 5.92 Å². The van der Waals surface area contributed by atoms with Crippen LogP contribution >= 0.6 is 0 Å². The smallest absolute Gasteiger partial charge is 0.255 e. The van der Waals surface area contributed by atoms with E-state index in [-0.39, 0.29) is 5.91 Å². The predicted molar refractivity (Wildman–Crippen MR) is 87.7 cm³/mol. The summed E-state index contributed by atoms with van der Waals surface area (Å²) < 4.78 is 10.9. The van der Waals surface area contributed by atoms with Gasteiger partial charge >= 0.3 is 0 Å². The van der Waals surface area contributed by atoms with Crippen LogP contribution in [-0.2, 0) is 0 Å². The number of para-hydroxylation sites is 2. The average molecular weight is 299 g/mol. The summed E-state index contributed by atoms with van der Waals surface area (Å²) in [6.07, 6.45) is 0. The van der Waals surface area contributed by atoms with Crippen molar-refractivity contribution in [3.8, 4) is 11.5 Å². The number of amides is 1. The van der Waals surface area contributed by atoms with E-state index in [0.717, 1.165) is 0 Å². The first kappa shape index (κ1) is 15.9. The first-order chi connectivity index (χ1) is 10.6. The van der Waals surface area contributed by atoms with Crippen molar-refractivity contribution in [1.29, 1.82) is 0 Å². The highest BCUT2D eigenvalue weighted by Gasteiger charge is 2.10. The van der Waals surface area contributed by atoms with Gasteiger partial charge in [0.1, 0.15) is 11.5 Å². The van der Waals surface area contributed by atoms with Crippen molar-refractivity contribution in [2.75, 3.05) is 19.0 Å². The Balaban J connectivity index is 2.11. The average Bonchev–Trinajstić information content (AvgIpc) is 2.53. The first-order valence-corrected chi connectivity index (χ1v) is 7.27. The molecular weight excluding hydrogens is 278 g/mol. The molecule has 0 fully saturated rings. The molecule has 2 rings (SSSR count). The summed E-state index contributed by atoms with van der Waals surface area (Å²) in [4.78, 5) is 12.4. The Kier molecular flexibility index (Phi) is 5.42. The molecule has 0 aliphatic carbocycles. The highest BCUT2D eigenvalue weighted by atomic mass is 16.5. The predicted octanol–water partition coefficient (Wildman–Crippen LogP) is 3.98. The fraction of sp³-hybridized carbons (Fsp3) is 0.278. The van der Waals surface area contributed by atoms with Gasteiger partial charge in [-0.2, -0.15) is 0 Å². The van der Waals surface area contributed by atoms with Gasteiger partial charge in [0.2, 0.25) is 0 Å². The Morgan fingerprint density at radius 3 is 2.64 bits per heavy atom. The Morgan fingerprint density at radius 1 is 1.14 bits per heavy atom. The summed E-state index contributed by atoms with van der Waals surface area (Å²) in [5.41, 5.74) is 1.19. The fourth-order valence-corrected chi connectivity index (χ4v) is 1.93. The molecule has 0 aliphatic rings. The SMILES string of the molecule is COc1ccccc1NC(=O)c1cccc(OCC(C)C)c1. The number of hydrogen-bond donors (Lipinski definition) is 1. The lowest BCUT2D eigenvalue weighted by Gasteiger charge is -2.11. The number of nitrogens with one attached hydrogen (secondary N) is 1. The van der Waals surface area contributed by atoms with Crippen molar-refractivity contribution < 1.29 is 14.3 Å². The van der Waals surface area contributed by atoms with Crippen molar-refractivity contribution in [2.45, 2.75) is 13.8 Å². The third-order valence-corrected chi connectivity index (χ3v) is 3.03. The molecule has 1 N–H and O–H groups in total. The molecule has 0 saturated heterocycles. The van der Waals surface area contributed by atoms with Crippen LogP contribution in [0.25, 0.3) is 0 Å². The Labute approximate surface area is 131 Å². The summed E-state index contributed by atoms with van der Waals surface area (Å²) in [6.45, 7) is 4.79. The molecule has 1 amide bonds. The summed E-state index contributed by atoms with van der Waals surface area (Å²) in [7, 11) is 1.57. The molecule has 0 unspecified atom stereocenters. The number of carbonyl (C=O) groups is 1. The molecule has 4 heteroatoms. The number of methoxy groups -OCH3 is 1. The van der Waals surface area contributed by atoms with Crippen LogP contribution in [0.1, 0.15) is 24.2 Å². The van der Waals surface area contributed by atoms with E-state index in [0.29, 0.717) is 35.3 Å². The van der Waals surface area contributed by atoms with E-state index < -0.39 is 0 Å². The van der Waals surface area contributed by atoms with Crippen LogP contribution in [0.2, 0.25) is 0 Å². The largest absolute Gasteiger partial charge is 0.495 e. The molecule has 22 heavy (non-hydrogen) atoms. The van der Waals surface area contributed by atoms with Gasteiger partial charge in [-0.25, -0.2) is 0 Å². The molecule has 4 nitrogen and oxygen atoms in total. The van der Waals surface area contributed by atoms with E-state index in [1.807, 2.05) is 24.3 Å². The quantitative estimate of drug-likeness (QED) is 0.877. The normalized spacial score (nSPS) is 10.4. The topological polar surface area (TPSA) is 47.6 Å². The van der Waals surface area contributed by atoms with Gasteiger partial charge in [0.15, 0.2) is 0 Å². The van der Waals surface area contributed by atoms with Crippen LogP contribution in [0.5, 0.6) is 11.5 Å². The van der Waals surface area contributed by atoms with E-state index in [1.165, 1.54) is 0 Å². The van der Waals surface area contributed by atoms with Gasteiger partial charge in [-0.3, -0.25) is 4.79 Å². The van der Waals surface area contributed by atoms with Gasteiger partial charge in [0.05, 0.1) is 19.4 Å². The zero-order valence-electron chi connectivity index (χ0n) is 13.1. The number of carbonyl (C=O) groups excluding carboxylic acids is 1. The van der Waals surface area contributed by atoms with E-state index in [2.05, 4.69) is 19.2 Å². The molecule has 2 aromatic carbocycles. The van der Waals surface area contributed by atoms with Crippen LogP contribution in [-0.4, -0.2) is 19.6 Å². The van der Waals surface area contributed by atoms with Crippen molar-refractivity contribution >= 4 is 11.6 Å². The number of rotatable bonds is 6. The zero-order valence-corrected chi connectivity index (χ0v) is 13.1. The molecule has 0 heterocycles. The van der Waals surface area contributed by atoms with Crippen molar-refractivity contribution in [3.63, 3.8) is 0 Å². The van der Waals surface area contributed by atoms with Crippen molar-refractivity contribution in [3.05, 3.63) is 54.1 Å². The lowest BCUT2D eigenvalue weighted by atomic mass is 10.2. The second-order valence-electron chi connectivity index (χ2n) is 5.39. The lowest BCUT2D eigenvalue weighted by molar-refractivity contribution is 0.102. The zero-order chi connectivity index (χ0) is 15.9. The maximum absolute atomic E-state index is 12.4. The third kappa shape index (κ3) is 4.25. The summed E-state index contributed by atoms with van der Waals surface area (Å²) in [5, 5.41) is 2.85. The number of anilines is 1. The standard InChI is InChI=1S/C18H21NO3/c1-13(2)12-22-15-8-6-7-14(11-15)18(20)19-16-9-4-5-10-17(16)21-3/h4-11,13H,12H2,1-3H3,(H,19,20). The third-order valence-electron chi connectivity index (χ3n) is 3.03. The monoisotopic (exact) mass is 299 g/mol. The number of hydrogen-bond acceptors (Lipinski definition) is 3. The maximum atomic E-state index is 12.4. The van der Waals surface area contributed by atoms with E-state index in [1.54, 1.807) is 31.4 Å². The minimum atomic E-state index is -0.195. The first-order valence-electron chi connectivity index (χ1n) is 7.27. The van der Waals surface area contributed by atoms with E-state index >= 15 is 0 Å². The second-order valence-corrected chi connectivity index (χ2v) is 5.39. The maximum Gasteiger partial charge on any atom is 0.255 e. The Morgan fingerprint density at radius 2 is 1.91 bits per heavy atom. The van der Waals surface area contributed by atoms with Gasteiger partial charge in [-0.05, 0) is 36.2 Å². The van der Waals surface area contributed by atoms with Crippen LogP contribution < -0.4 is 14.8 Å². The fourth-order valence-electron chi connectivity index (χ4n) is 1.93. The molecule has 0 aromatic heterocycles. The van der Waals surface area contributed by atoms with Crippen LogP contribution in [0.4, 0.5) is 5.69 Å². The minimum Gasteiger partial charge on any atom is -0.495 e. The van der Waals surface area contributed by atoms with E-state index in [9.17, 15) is 4.79 Å². The summed E-state index contributed by atoms with van der Waals surface area (Å²) in [5.74, 6) is 1.56. The van der Waals surface area contributed by atoms with Gasteiger partial charge in [0.25, 0.3) is 5.91 Å². The second kappa shape index (κ2) is 7.50. The molecule has 0 bridgehead atoms. The summed E-state index contributed by atoms with van der Waals surface area (Å²) in [6, 6.07) is 14.5. The molecule has 2 aromatic rings. The molecule has 0 aliphatic heterocycles. The highest BCUT2D eigenvalue weighted by molar-refractivity contribution is 6.05.